The number of unbranched alkanes of at least 4 members (excludes halogenated alkanes) is 1. The van der Waals surface area contributed by atoms with E-state index in [0.29, 0.717) is 36.8 Å². The van der Waals surface area contributed by atoms with Crippen molar-refractivity contribution in [2.45, 2.75) is 19.8 Å². The fourth-order valence-corrected chi connectivity index (χ4v) is 3.07. The molecule has 1 aromatic carbocycles. The Balaban J connectivity index is 1.87. The molecule has 1 amide bonds. The van der Waals surface area contributed by atoms with Gasteiger partial charge in [-0.15, -0.1) is 0 Å². The van der Waals surface area contributed by atoms with Crippen molar-refractivity contribution in [3.8, 4) is 11.5 Å². The van der Waals surface area contributed by atoms with Gasteiger partial charge in [0.15, 0.2) is 11.5 Å². The van der Waals surface area contributed by atoms with E-state index in [4.69, 9.17) is 9.47 Å². The lowest BCUT2D eigenvalue weighted by atomic mass is 10.2. The fraction of sp³-hybridized carbons (Fsp3) is 0.500. The molecular weight excluding hydrogens is 308 g/mol. The van der Waals surface area contributed by atoms with E-state index in [1.165, 1.54) is 0 Å². The van der Waals surface area contributed by atoms with Crippen LogP contribution < -0.4 is 19.5 Å². The van der Waals surface area contributed by atoms with Gasteiger partial charge >= 0.3 is 0 Å². The minimum atomic E-state index is -3.40. The molecule has 0 radical (unpaired) electrons. The molecule has 0 saturated carbocycles. The maximum Gasteiger partial charge on any atom is 0.239 e. The van der Waals surface area contributed by atoms with Crippen molar-refractivity contribution in [1.29, 1.82) is 0 Å². The van der Waals surface area contributed by atoms with Gasteiger partial charge in [0.25, 0.3) is 0 Å². The molecule has 1 heterocycles. The summed E-state index contributed by atoms with van der Waals surface area (Å²) in [6.45, 7) is 2.57. The maximum atomic E-state index is 11.8. The summed E-state index contributed by atoms with van der Waals surface area (Å²) in [6, 6.07) is 5.03. The van der Waals surface area contributed by atoms with E-state index in [0.717, 1.165) is 6.42 Å². The summed E-state index contributed by atoms with van der Waals surface area (Å²) in [5.41, 5.74) is 0.530. The van der Waals surface area contributed by atoms with E-state index in [9.17, 15) is 13.2 Å². The molecule has 2 N–H and O–H groups in total. The quantitative estimate of drug-likeness (QED) is 0.782. The number of sulfonamides is 1. The van der Waals surface area contributed by atoms with Gasteiger partial charge in [-0.05, 0) is 18.6 Å². The van der Waals surface area contributed by atoms with E-state index in [1.54, 1.807) is 18.2 Å². The molecule has 7 nitrogen and oxygen atoms in total. The molecule has 0 saturated heterocycles. The molecule has 0 bridgehead atoms. The zero-order chi connectivity index (χ0) is 16.0. The molecule has 1 aliphatic heterocycles. The van der Waals surface area contributed by atoms with Crippen LogP contribution in [0.3, 0.4) is 0 Å². The summed E-state index contributed by atoms with van der Waals surface area (Å²) in [7, 11) is -3.40. The Morgan fingerprint density at radius 2 is 1.95 bits per heavy atom. The summed E-state index contributed by atoms with van der Waals surface area (Å²) in [5, 5.41) is 2.62. The van der Waals surface area contributed by atoms with Crippen LogP contribution in [0.2, 0.25) is 0 Å². The Morgan fingerprint density at radius 1 is 1.23 bits per heavy atom. The number of fused-ring (bicyclic) bond motifs is 1. The first-order valence-electron chi connectivity index (χ1n) is 7.17. The van der Waals surface area contributed by atoms with Crippen LogP contribution in [-0.4, -0.2) is 39.8 Å². The second-order valence-electron chi connectivity index (χ2n) is 4.90. The maximum absolute atomic E-state index is 11.8. The van der Waals surface area contributed by atoms with Crippen molar-refractivity contribution in [2.24, 2.45) is 0 Å². The number of benzene rings is 1. The lowest BCUT2D eigenvalue weighted by molar-refractivity contribution is -0.115. The van der Waals surface area contributed by atoms with E-state index >= 15 is 0 Å². The van der Waals surface area contributed by atoms with Crippen molar-refractivity contribution in [2.75, 3.05) is 30.8 Å². The standard InChI is InChI=1S/C14H20N2O5S/c1-2-3-8-22(18,19)15-10-14(17)16-11-4-5-12-13(9-11)21-7-6-20-12/h4-5,9,15H,2-3,6-8,10H2,1H3,(H,16,17). The molecule has 0 atom stereocenters. The number of rotatable bonds is 7. The fourth-order valence-electron chi connectivity index (χ4n) is 1.91. The second kappa shape index (κ2) is 7.46. The minimum absolute atomic E-state index is 0.0286. The average molecular weight is 328 g/mol. The predicted octanol–water partition coefficient (Wildman–Crippen LogP) is 1.12. The molecular formula is C14H20N2O5S. The van der Waals surface area contributed by atoms with Crippen molar-refractivity contribution in [3.63, 3.8) is 0 Å². The SMILES string of the molecule is CCCCS(=O)(=O)NCC(=O)Nc1ccc2c(c1)OCCO2. The largest absolute Gasteiger partial charge is 0.486 e. The highest BCUT2D eigenvalue weighted by Gasteiger charge is 2.14. The van der Waals surface area contributed by atoms with Gasteiger partial charge < -0.3 is 14.8 Å². The van der Waals surface area contributed by atoms with Crippen LogP contribution in [-0.2, 0) is 14.8 Å². The van der Waals surface area contributed by atoms with E-state index in [2.05, 4.69) is 10.0 Å². The first-order chi connectivity index (χ1) is 10.5. The van der Waals surface area contributed by atoms with Crippen LogP contribution in [0.5, 0.6) is 11.5 Å². The molecule has 22 heavy (non-hydrogen) atoms. The summed E-state index contributed by atoms with van der Waals surface area (Å²) in [4.78, 5) is 11.8. The number of hydrogen-bond donors (Lipinski definition) is 2. The number of anilines is 1. The van der Waals surface area contributed by atoms with E-state index in [1.807, 2.05) is 6.92 Å². The molecule has 0 spiro atoms. The first-order valence-corrected chi connectivity index (χ1v) is 8.82. The third-order valence-electron chi connectivity index (χ3n) is 3.05. The molecule has 0 unspecified atom stereocenters. The lowest BCUT2D eigenvalue weighted by Gasteiger charge is -2.19. The van der Waals surface area contributed by atoms with Gasteiger partial charge in [-0.3, -0.25) is 4.79 Å². The molecule has 0 aromatic heterocycles. The van der Waals surface area contributed by atoms with Crippen molar-refractivity contribution >= 4 is 21.6 Å². The van der Waals surface area contributed by atoms with Crippen LogP contribution in [0.15, 0.2) is 18.2 Å². The number of hydrogen-bond acceptors (Lipinski definition) is 5. The predicted molar refractivity (Wildman–Crippen MR) is 82.8 cm³/mol. The summed E-state index contributed by atoms with van der Waals surface area (Å²) < 4.78 is 36.3. The summed E-state index contributed by atoms with van der Waals surface area (Å²) >= 11 is 0. The van der Waals surface area contributed by atoms with Gasteiger partial charge in [0.2, 0.25) is 15.9 Å². The zero-order valence-corrected chi connectivity index (χ0v) is 13.2. The topological polar surface area (TPSA) is 93.7 Å². The molecule has 1 aromatic rings. The van der Waals surface area contributed by atoms with Crippen molar-refractivity contribution in [1.82, 2.24) is 4.72 Å². The highest BCUT2D eigenvalue weighted by molar-refractivity contribution is 7.89. The molecule has 0 fully saturated rings. The van der Waals surface area contributed by atoms with Crippen LogP contribution in [0.4, 0.5) is 5.69 Å². The zero-order valence-electron chi connectivity index (χ0n) is 12.4. The van der Waals surface area contributed by atoms with Gasteiger partial charge in [-0.1, -0.05) is 13.3 Å². The van der Waals surface area contributed by atoms with Crippen molar-refractivity contribution < 1.29 is 22.7 Å². The van der Waals surface area contributed by atoms with Gasteiger partial charge in [-0.2, -0.15) is 0 Å². The van der Waals surface area contributed by atoms with Crippen LogP contribution in [0.1, 0.15) is 19.8 Å². The normalized spacial score (nSPS) is 13.7. The first kappa shape index (κ1) is 16.6. The summed E-state index contributed by atoms with van der Waals surface area (Å²) in [6.07, 6.45) is 1.35. The van der Waals surface area contributed by atoms with Crippen LogP contribution >= 0.6 is 0 Å². The number of amides is 1. The third kappa shape index (κ3) is 4.88. The highest BCUT2D eigenvalue weighted by Crippen LogP contribution is 2.32. The van der Waals surface area contributed by atoms with E-state index in [-0.39, 0.29) is 12.3 Å². The second-order valence-corrected chi connectivity index (χ2v) is 6.83. The van der Waals surface area contributed by atoms with Crippen LogP contribution in [0.25, 0.3) is 0 Å². The minimum Gasteiger partial charge on any atom is -0.486 e. The third-order valence-corrected chi connectivity index (χ3v) is 4.46. The molecule has 1 aliphatic rings. The monoisotopic (exact) mass is 328 g/mol. The summed E-state index contributed by atoms with van der Waals surface area (Å²) in [5.74, 6) is 0.787. The van der Waals surface area contributed by atoms with Gasteiger partial charge in [0, 0.05) is 11.8 Å². The number of carbonyl (C=O) groups is 1. The molecule has 8 heteroatoms. The Kier molecular flexibility index (Phi) is 5.62. The van der Waals surface area contributed by atoms with Gasteiger partial charge in [0.1, 0.15) is 13.2 Å². The molecule has 0 aliphatic carbocycles. The average Bonchev–Trinajstić information content (AvgIpc) is 2.51. The number of ether oxygens (including phenoxy) is 2. The Morgan fingerprint density at radius 3 is 2.68 bits per heavy atom. The number of carbonyl (C=O) groups excluding carboxylic acids is 1. The van der Waals surface area contributed by atoms with Crippen molar-refractivity contribution in [3.05, 3.63) is 18.2 Å². The van der Waals surface area contributed by atoms with Gasteiger partial charge in [0.05, 0.1) is 12.3 Å². The van der Waals surface area contributed by atoms with E-state index < -0.39 is 15.9 Å². The lowest BCUT2D eigenvalue weighted by Crippen LogP contribution is -2.34. The highest BCUT2D eigenvalue weighted by atomic mass is 32.2. The van der Waals surface area contributed by atoms with Crippen LogP contribution in [0, 0.1) is 0 Å². The van der Waals surface area contributed by atoms with Gasteiger partial charge in [-0.25, -0.2) is 13.1 Å². The molecule has 122 valence electrons. The molecule has 2 rings (SSSR count). The smallest absolute Gasteiger partial charge is 0.239 e. The Bertz CT molecular complexity index is 630. The Labute approximate surface area is 130 Å². The number of nitrogens with one attached hydrogen (secondary N) is 2. The Hall–Kier alpha value is -1.80.